The topological polar surface area (TPSA) is 58.6 Å². The molecule has 1 fully saturated rings. The van der Waals surface area contributed by atoms with E-state index in [2.05, 4.69) is 11.9 Å². The van der Waals surface area contributed by atoms with Crippen molar-refractivity contribution >= 4 is 41.1 Å². The smallest absolute Gasteiger partial charge is 0.327 e. The van der Waals surface area contributed by atoms with Gasteiger partial charge in [0.05, 0.1) is 28.6 Å². The van der Waals surface area contributed by atoms with E-state index in [-0.39, 0.29) is 23.1 Å². The normalized spacial score (nSPS) is 16.3. The molecule has 0 atom stereocenters. The van der Waals surface area contributed by atoms with Crippen LogP contribution in [0.4, 0.5) is 14.9 Å². The molecule has 130 valence electrons. The van der Waals surface area contributed by atoms with Gasteiger partial charge in [0.15, 0.2) is 0 Å². The Morgan fingerprint density at radius 1 is 1.50 bits per heavy atom. The Balaban J connectivity index is 2.31. The van der Waals surface area contributed by atoms with Crippen LogP contribution < -0.4 is 10.2 Å². The Bertz CT molecular complexity index is 709. The maximum absolute atomic E-state index is 14.4. The van der Waals surface area contributed by atoms with E-state index in [9.17, 15) is 14.0 Å². The molecule has 1 aliphatic rings. The van der Waals surface area contributed by atoms with Crippen molar-refractivity contribution in [3.05, 3.63) is 35.2 Å². The molecule has 0 aliphatic carbocycles. The van der Waals surface area contributed by atoms with Crippen LogP contribution in [0.15, 0.2) is 29.3 Å². The maximum Gasteiger partial charge on any atom is 0.327 e. The molecule has 1 N–H and O–H groups in total. The van der Waals surface area contributed by atoms with Gasteiger partial charge in [0.2, 0.25) is 0 Å². The molecule has 0 unspecified atom stereocenters. The van der Waals surface area contributed by atoms with E-state index in [0.717, 1.165) is 17.8 Å². The van der Waals surface area contributed by atoms with Gasteiger partial charge in [-0.25, -0.2) is 9.18 Å². The van der Waals surface area contributed by atoms with E-state index >= 15 is 0 Å². The van der Waals surface area contributed by atoms with Crippen molar-refractivity contribution in [2.24, 2.45) is 0 Å². The minimum Gasteiger partial charge on any atom is -0.465 e. The number of carbonyl (C=O) groups excluding carboxylic acids is 2. The number of thioether (sulfide) groups is 1. The second-order valence-electron chi connectivity index (χ2n) is 5.66. The first-order chi connectivity index (χ1) is 11.2. The van der Waals surface area contributed by atoms with Gasteiger partial charge in [0.1, 0.15) is 5.82 Å². The highest BCUT2D eigenvalue weighted by molar-refractivity contribution is 8.00. The fourth-order valence-corrected chi connectivity index (χ4v) is 3.25. The van der Waals surface area contributed by atoms with Crippen LogP contribution in [0, 0.1) is 5.82 Å². The van der Waals surface area contributed by atoms with Crippen molar-refractivity contribution in [3.63, 3.8) is 0 Å². The van der Waals surface area contributed by atoms with Crippen molar-refractivity contribution < 1.29 is 18.7 Å². The third kappa shape index (κ3) is 3.67. The number of esters is 1. The molecule has 1 aromatic rings. The monoisotopic (exact) mass is 372 g/mol. The maximum atomic E-state index is 14.4. The lowest BCUT2D eigenvalue weighted by Crippen LogP contribution is -2.35. The van der Waals surface area contributed by atoms with E-state index in [0.29, 0.717) is 10.6 Å². The largest absolute Gasteiger partial charge is 0.465 e. The van der Waals surface area contributed by atoms with Gasteiger partial charge in [-0.05, 0) is 32.9 Å². The summed E-state index contributed by atoms with van der Waals surface area (Å²) in [5.74, 6) is -1.000. The fraction of sp³-hybridized carbons (Fsp3) is 0.375. The van der Waals surface area contributed by atoms with Crippen LogP contribution in [0.1, 0.15) is 20.8 Å². The molecule has 0 saturated carbocycles. The van der Waals surface area contributed by atoms with Crippen molar-refractivity contribution in [3.8, 4) is 0 Å². The highest BCUT2D eigenvalue weighted by Gasteiger charge is 2.41. The molecule has 0 bridgehead atoms. The standard InChI is InChI=1S/C16H18ClFN2O3S/c1-5-23-14(21)8-24-13-7-12(11(18)6-10(13)17)20-9(2)16(3,4)19-15(20)22/h6-7H,2,5,8H2,1,3-4H3,(H,19,22). The van der Waals surface area contributed by atoms with Crippen molar-refractivity contribution in [2.75, 3.05) is 17.3 Å². The number of rotatable bonds is 5. The number of benzene rings is 1. The summed E-state index contributed by atoms with van der Waals surface area (Å²) in [6.45, 7) is 9.42. The molecule has 1 saturated heterocycles. The predicted molar refractivity (Wildman–Crippen MR) is 93.0 cm³/mol. The molecule has 0 aromatic heterocycles. The molecule has 2 rings (SSSR count). The molecule has 24 heavy (non-hydrogen) atoms. The predicted octanol–water partition coefficient (Wildman–Crippen LogP) is 3.96. The summed E-state index contributed by atoms with van der Waals surface area (Å²) >= 11 is 7.16. The molecule has 1 aromatic carbocycles. The SMILES string of the molecule is C=C1N(c2cc(SCC(=O)OCC)c(Cl)cc2F)C(=O)NC1(C)C. The number of amides is 2. The molecule has 1 heterocycles. The molecule has 5 nitrogen and oxygen atoms in total. The van der Waals surface area contributed by atoms with Crippen LogP contribution in [-0.2, 0) is 9.53 Å². The number of nitrogens with zero attached hydrogens (tertiary/aromatic N) is 1. The molecule has 1 aliphatic heterocycles. The number of hydrogen-bond donors (Lipinski definition) is 1. The third-order valence-corrected chi connectivity index (χ3v) is 4.96. The van der Waals surface area contributed by atoms with Crippen LogP contribution >= 0.6 is 23.4 Å². The zero-order chi connectivity index (χ0) is 18.1. The lowest BCUT2D eigenvalue weighted by molar-refractivity contribution is -0.139. The van der Waals surface area contributed by atoms with E-state index in [1.165, 1.54) is 11.0 Å². The number of anilines is 1. The van der Waals surface area contributed by atoms with Crippen LogP contribution in [0.5, 0.6) is 0 Å². The Labute approximate surface area is 149 Å². The first kappa shape index (κ1) is 18.6. The summed E-state index contributed by atoms with van der Waals surface area (Å²) in [7, 11) is 0. The van der Waals surface area contributed by atoms with Crippen LogP contribution in [0.2, 0.25) is 5.02 Å². The molecular formula is C16H18ClFN2O3S. The number of urea groups is 1. The van der Waals surface area contributed by atoms with Crippen LogP contribution in [0.25, 0.3) is 0 Å². The Morgan fingerprint density at radius 2 is 2.17 bits per heavy atom. The Hall–Kier alpha value is -1.73. The Kier molecular flexibility index (Phi) is 5.45. The summed E-state index contributed by atoms with van der Waals surface area (Å²) < 4.78 is 19.2. The van der Waals surface area contributed by atoms with Crippen molar-refractivity contribution in [1.82, 2.24) is 5.32 Å². The van der Waals surface area contributed by atoms with E-state index < -0.39 is 23.4 Å². The van der Waals surface area contributed by atoms with Crippen LogP contribution in [-0.4, -0.2) is 29.9 Å². The van der Waals surface area contributed by atoms with E-state index in [1.807, 2.05) is 0 Å². The summed E-state index contributed by atoms with van der Waals surface area (Å²) in [5.41, 5.74) is -0.213. The summed E-state index contributed by atoms with van der Waals surface area (Å²) in [4.78, 5) is 25.3. The first-order valence-corrected chi connectivity index (χ1v) is 8.63. The van der Waals surface area contributed by atoms with Gasteiger partial charge in [0.25, 0.3) is 0 Å². The molecule has 0 radical (unpaired) electrons. The Morgan fingerprint density at radius 3 is 2.71 bits per heavy atom. The molecular weight excluding hydrogens is 355 g/mol. The highest BCUT2D eigenvalue weighted by Crippen LogP contribution is 2.38. The number of nitrogens with one attached hydrogen (secondary N) is 1. The highest BCUT2D eigenvalue weighted by atomic mass is 35.5. The molecule has 0 spiro atoms. The minimum absolute atomic E-state index is 0.0390. The molecule has 2 amide bonds. The number of halogens is 2. The van der Waals surface area contributed by atoms with Gasteiger partial charge in [-0.3, -0.25) is 9.69 Å². The van der Waals surface area contributed by atoms with E-state index in [4.69, 9.17) is 16.3 Å². The summed E-state index contributed by atoms with van der Waals surface area (Å²) in [5, 5.41) is 2.89. The van der Waals surface area contributed by atoms with Crippen molar-refractivity contribution in [2.45, 2.75) is 31.2 Å². The van der Waals surface area contributed by atoms with E-state index in [1.54, 1.807) is 20.8 Å². The average molecular weight is 373 g/mol. The second kappa shape index (κ2) is 7.03. The van der Waals surface area contributed by atoms with Gasteiger partial charge in [-0.2, -0.15) is 0 Å². The number of carbonyl (C=O) groups is 2. The fourth-order valence-electron chi connectivity index (χ4n) is 2.19. The van der Waals surface area contributed by atoms with Crippen LogP contribution in [0.3, 0.4) is 0 Å². The van der Waals surface area contributed by atoms with Gasteiger partial charge in [-0.1, -0.05) is 18.2 Å². The zero-order valence-electron chi connectivity index (χ0n) is 13.6. The summed E-state index contributed by atoms with van der Waals surface area (Å²) in [6.07, 6.45) is 0. The molecule has 8 heteroatoms. The van der Waals surface area contributed by atoms with Gasteiger partial charge in [-0.15, -0.1) is 11.8 Å². The summed E-state index contributed by atoms with van der Waals surface area (Å²) in [6, 6.07) is 2.09. The van der Waals surface area contributed by atoms with Crippen molar-refractivity contribution in [1.29, 1.82) is 0 Å². The van der Waals surface area contributed by atoms with Gasteiger partial charge < -0.3 is 10.1 Å². The number of ether oxygens (including phenoxy) is 1. The average Bonchev–Trinajstić information content (AvgIpc) is 2.67. The van der Waals surface area contributed by atoms with Gasteiger partial charge in [0, 0.05) is 10.6 Å². The zero-order valence-corrected chi connectivity index (χ0v) is 15.2. The third-order valence-electron chi connectivity index (χ3n) is 3.51. The number of hydrogen-bond acceptors (Lipinski definition) is 4. The second-order valence-corrected chi connectivity index (χ2v) is 7.09. The quantitative estimate of drug-likeness (QED) is 0.628. The van der Waals surface area contributed by atoms with Gasteiger partial charge >= 0.3 is 12.0 Å². The lowest BCUT2D eigenvalue weighted by atomic mass is 10.0. The first-order valence-electron chi connectivity index (χ1n) is 7.26. The minimum atomic E-state index is -0.679. The lowest BCUT2D eigenvalue weighted by Gasteiger charge is -2.22.